The third kappa shape index (κ3) is 3.85. The van der Waals surface area contributed by atoms with Crippen molar-refractivity contribution in [1.29, 1.82) is 0 Å². The van der Waals surface area contributed by atoms with Crippen LogP contribution in [-0.4, -0.2) is 42.5 Å². The van der Waals surface area contributed by atoms with Crippen molar-refractivity contribution in [2.75, 3.05) is 19.7 Å². The predicted octanol–water partition coefficient (Wildman–Crippen LogP) is 3.13. The number of fused-ring (bicyclic) bond motifs is 1. The van der Waals surface area contributed by atoms with Crippen molar-refractivity contribution in [3.8, 4) is 5.75 Å². The number of benzene rings is 1. The van der Waals surface area contributed by atoms with Crippen LogP contribution in [0.1, 0.15) is 29.0 Å². The van der Waals surface area contributed by atoms with E-state index in [1.54, 1.807) is 35.2 Å². The highest BCUT2D eigenvalue weighted by atomic mass is 35.5. The standard InChI is InChI=1S/C20H19ClN2O4/c21-15-3-4-17-13(11-15)10-14(12-27-17)19(24)22-16-5-7-23(8-6-16)20(25)18-2-1-9-26-18/h1-4,9-11,16H,5-8,12H2,(H,22,24). The van der Waals surface area contributed by atoms with Gasteiger partial charge in [0.1, 0.15) is 12.4 Å². The molecular formula is C20H19ClN2O4. The second-order valence-corrected chi connectivity index (χ2v) is 7.09. The second-order valence-electron chi connectivity index (χ2n) is 6.66. The van der Waals surface area contributed by atoms with Gasteiger partial charge in [0.2, 0.25) is 0 Å². The molecule has 27 heavy (non-hydrogen) atoms. The number of furan rings is 1. The number of likely N-dealkylation sites (tertiary alicyclic amines) is 1. The first-order chi connectivity index (χ1) is 13.1. The van der Waals surface area contributed by atoms with Crippen molar-refractivity contribution in [3.63, 3.8) is 0 Å². The molecule has 7 heteroatoms. The summed E-state index contributed by atoms with van der Waals surface area (Å²) in [5.41, 5.74) is 1.37. The van der Waals surface area contributed by atoms with Crippen molar-refractivity contribution in [1.82, 2.24) is 10.2 Å². The van der Waals surface area contributed by atoms with Crippen molar-refractivity contribution >= 4 is 29.5 Å². The van der Waals surface area contributed by atoms with Crippen molar-refractivity contribution in [2.24, 2.45) is 0 Å². The molecule has 6 nitrogen and oxygen atoms in total. The van der Waals surface area contributed by atoms with Gasteiger partial charge in [0.25, 0.3) is 11.8 Å². The van der Waals surface area contributed by atoms with Crippen LogP contribution in [0.2, 0.25) is 5.02 Å². The minimum atomic E-state index is -0.142. The molecule has 0 atom stereocenters. The van der Waals surface area contributed by atoms with Crippen LogP contribution in [0.3, 0.4) is 0 Å². The fraction of sp³-hybridized carbons (Fsp3) is 0.300. The number of nitrogens with zero attached hydrogens (tertiary/aromatic N) is 1. The number of amides is 2. The summed E-state index contributed by atoms with van der Waals surface area (Å²) in [6, 6.07) is 8.73. The molecule has 0 spiro atoms. The van der Waals surface area contributed by atoms with Gasteiger partial charge >= 0.3 is 0 Å². The maximum absolute atomic E-state index is 12.6. The van der Waals surface area contributed by atoms with E-state index in [1.807, 2.05) is 6.08 Å². The highest BCUT2D eigenvalue weighted by Gasteiger charge is 2.27. The average molecular weight is 387 g/mol. The topological polar surface area (TPSA) is 71.8 Å². The molecule has 0 bridgehead atoms. The summed E-state index contributed by atoms with van der Waals surface area (Å²) < 4.78 is 10.8. The van der Waals surface area contributed by atoms with E-state index in [0.29, 0.717) is 42.3 Å². The van der Waals surface area contributed by atoms with E-state index in [9.17, 15) is 9.59 Å². The SMILES string of the molecule is O=C(NC1CCN(C(=O)c2ccco2)CC1)C1=Cc2cc(Cl)ccc2OC1. The van der Waals surface area contributed by atoms with E-state index in [0.717, 1.165) is 11.3 Å². The lowest BCUT2D eigenvalue weighted by Crippen LogP contribution is -2.47. The summed E-state index contributed by atoms with van der Waals surface area (Å²) in [5, 5.41) is 3.65. The molecule has 2 aliphatic rings. The Morgan fingerprint density at radius 2 is 2.00 bits per heavy atom. The summed E-state index contributed by atoms with van der Waals surface area (Å²) in [6.45, 7) is 1.40. The van der Waals surface area contributed by atoms with E-state index in [4.69, 9.17) is 20.8 Å². The normalized spacial score (nSPS) is 16.9. The largest absolute Gasteiger partial charge is 0.488 e. The Kier molecular flexibility index (Phi) is 4.90. The molecule has 1 aromatic carbocycles. The molecule has 2 aliphatic heterocycles. The lowest BCUT2D eigenvalue weighted by atomic mass is 10.0. The minimum absolute atomic E-state index is 0.0276. The van der Waals surface area contributed by atoms with E-state index >= 15 is 0 Å². The molecule has 0 radical (unpaired) electrons. The molecular weight excluding hydrogens is 368 g/mol. The Morgan fingerprint density at radius 3 is 2.74 bits per heavy atom. The van der Waals surface area contributed by atoms with Crippen LogP contribution in [0.4, 0.5) is 0 Å². The van der Waals surface area contributed by atoms with Crippen LogP contribution in [0, 0.1) is 0 Å². The maximum Gasteiger partial charge on any atom is 0.289 e. The van der Waals surface area contributed by atoms with Crippen LogP contribution >= 0.6 is 11.6 Å². The fourth-order valence-electron chi connectivity index (χ4n) is 3.34. The Morgan fingerprint density at radius 1 is 1.19 bits per heavy atom. The van der Waals surface area contributed by atoms with Gasteiger partial charge in [-0.15, -0.1) is 0 Å². The number of piperidine rings is 1. The second kappa shape index (κ2) is 7.48. The zero-order valence-electron chi connectivity index (χ0n) is 14.6. The zero-order valence-corrected chi connectivity index (χ0v) is 15.4. The molecule has 140 valence electrons. The molecule has 3 heterocycles. The van der Waals surface area contributed by atoms with Crippen LogP contribution < -0.4 is 10.1 Å². The van der Waals surface area contributed by atoms with Crippen LogP contribution in [0.15, 0.2) is 46.6 Å². The Balaban J connectivity index is 1.34. The Hall–Kier alpha value is -2.73. The summed E-state index contributed by atoms with van der Waals surface area (Å²) in [7, 11) is 0. The number of nitrogens with one attached hydrogen (secondary N) is 1. The number of hydrogen-bond donors (Lipinski definition) is 1. The van der Waals surface area contributed by atoms with Crippen molar-refractivity contribution < 1.29 is 18.7 Å². The van der Waals surface area contributed by atoms with E-state index in [2.05, 4.69) is 5.32 Å². The number of carbonyl (C=O) groups excluding carboxylic acids is 2. The van der Waals surface area contributed by atoms with Gasteiger partial charge in [0.15, 0.2) is 5.76 Å². The molecule has 0 aliphatic carbocycles. The lowest BCUT2D eigenvalue weighted by molar-refractivity contribution is -0.118. The fourth-order valence-corrected chi connectivity index (χ4v) is 3.52. The quantitative estimate of drug-likeness (QED) is 0.879. The van der Waals surface area contributed by atoms with Gasteiger partial charge in [0, 0.05) is 29.7 Å². The van der Waals surface area contributed by atoms with Gasteiger partial charge in [-0.05, 0) is 49.2 Å². The average Bonchev–Trinajstić information content (AvgIpc) is 3.22. The number of ether oxygens (including phenoxy) is 1. The van der Waals surface area contributed by atoms with Crippen molar-refractivity contribution in [2.45, 2.75) is 18.9 Å². The maximum atomic E-state index is 12.6. The smallest absolute Gasteiger partial charge is 0.289 e. The summed E-state index contributed by atoms with van der Waals surface area (Å²) in [4.78, 5) is 26.6. The molecule has 4 rings (SSSR count). The number of halogens is 1. The lowest BCUT2D eigenvalue weighted by Gasteiger charge is -2.32. The Labute approximate surface area is 161 Å². The predicted molar refractivity (Wildman–Crippen MR) is 101 cm³/mol. The van der Waals surface area contributed by atoms with E-state index < -0.39 is 0 Å². The van der Waals surface area contributed by atoms with Gasteiger partial charge in [-0.25, -0.2) is 0 Å². The first-order valence-corrected chi connectivity index (χ1v) is 9.24. The minimum Gasteiger partial charge on any atom is -0.488 e. The van der Waals surface area contributed by atoms with Crippen LogP contribution in [0.25, 0.3) is 6.08 Å². The number of rotatable bonds is 3. The summed E-state index contributed by atoms with van der Waals surface area (Å²) in [5.74, 6) is 0.818. The molecule has 0 saturated carbocycles. The number of hydrogen-bond acceptors (Lipinski definition) is 4. The monoisotopic (exact) mass is 386 g/mol. The highest BCUT2D eigenvalue weighted by Crippen LogP contribution is 2.29. The molecule has 0 unspecified atom stereocenters. The Bertz CT molecular complexity index is 883. The molecule has 2 aromatic rings. The zero-order chi connectivity index (χ0) is 18.8. The third-order valence-electron chi connectivity index (χ3n) is 4.83. The van der Waals surface area contributed by atoms with Gasteiger partial charge in [-0.1, -0.05) is 11.6 Å². The summed E-state index contributed by atoms with van der Waals surface area (Å²) in [6.07, 6.45) is 4.71. The third-order valence-corrected chi connectivity index (χ3v) is 5.06. The van der Waals surface area contributed by atoms with Gasteiger partial charge < -0.3 is 19.4 Å². The molecule has 1 fully saturated rings. The molecule has 1 aromatic heterocycles. The van der Waals surface area contributed by atoms with Crippen molar-refractivity contribution in [3.05, 3.63) is 58.5 Å². The first-order valence-electron chi connectivity index (χ1n) is 8.87. The number of carbonyl (C=O) groups is 2. The van der Waals surface area contributed by atoms with E-state index in [-0.39, 0.29) is 24.5 Å². The molecule has 2 amide bonds. The van der Waals surface area contributed by atoms with Gasteiger partial charge in [-0.2, -0.15) is 0 Å². The molecule has 1 N–H and O–H groups in total. The summed E-state index contributed by atoms with van der Waals surface area (Å²) >= 11 is 6.01. The highest BCUT2D eigenvalue weighted by molar-refractivity contribution is 6.30. The van der Waals surface area contributed by atoms with E-state index in [1.165, 1.54) is 6.26 Å². The van der Waals surface area contributed by atoms with Crippen LogP contribution in [-0.2, 0) is 4.79 Å². The van der Waals surface area contributed by atoms with Gasteiger partial charge in [0.05, 0.1) is 11.8 Å². The van der Waals surface area contributed by atoms with Crippen LogP contribution in [0.5, 0.6) is 5.75 Å². The first kappa shape index (κ1) is 17.7. The molecule has 1 saturated heterocycles. The van der Waals surface area contributed by atoms with Gasteiger partial charge in [-0.3, -0.25) is 9.59 Å².